The van der Waals surface area contributed by atoms with Gasteiger partial charge in [0.15, 0.2) is 0 Å². The lowest BCUT2D eigenvalue weighted by Crippen LogP contribution is -2.25. The predicted molar refractivity (Wildman–Crippen MR) is 113 cm³/mol. The van der Waals surface area contributed by atoms with Crippen LogP contribution in [0.5, 0.6) is 5.75 Å². The number of aromatic nitrogens is 2. The first kappa shape index (κ1) is 19.6. The van der Waals surface area contributed by atoms with E-state index < -0.39 is 0 Å². The molecule has 0 bridgehead atoms. The van der Waals surface area contributed by atoms with Crippen LogP contribution in [0.3, 0.4) is 0 Å². The fourth-order valence-corrected chi connectivity index (χ4v) is 3.92. The van der Waals surface area contributed by atoms with Gasteiger partial charge >= 0.3 is 5.97 Å². The molecule has 6 nitrogen and oxygen atoms in total. The number of ether oxygens (including phenoxy) is 2. The van der Waals surface area contributed by atoms with E-state index >= 15 is 0 Å². The number of para-hydroxylation sites is 1. The van der Waals surface area contributed by atoms with E-state index in [4.69, 9.17) is 9.47 Å². The Bertz CT molecular complexity index is 1120. The Morgan fingerprint density at radius 2 is 2.03 bits per heavy atom. The molecule has 0 atom stereocenters. The van der Waals surface area contributed by atoms with Gasteiger partial charge in [-0.1, -0.05) is 18.2 Å². The van der Waals surface area contributed by atoms with Gasteiger partial charge in [0.1, 0.15) is 18.2 Å². The average molecular weight is 457 g/mol. The maximum Gasteiger partial charge on any atom is 0.306 e. The van der Waals surface area contributed by atoms with Gasteiger partial charge in [-0.05, 0) is 58.6 Å². The van der Waals surface area contributed by atoms with Gasteiger partial charge in [-0.2, -0.15) is 0 Å². The van der Waals surface area contributed by atoms with E-state index in [-0.39, 0.29) is 30.6 Å². The molecule has 0 saturated heterocycles. The largest absolute Gasteiger partial charge is 0.496 e. The standard InChI is InChI=1S/C22H21BrN2O4/c1-28-19-9-6-14(12-17(19)23)13-29-21(26)11-10-20-24-18-5-3-2-4-16(18)22(27)25(20)15-7-8-15/h2-6,9,12,15H,7-8,10-11,13H2,1H3. The van der Waals surface area contributed by atoms with E-state index in [2.05, 4.69) is 20.9 Å². The zero-order chi connectivity index (χ0) is 20.4. The summed E-state index contributed by atoms with van der Waals surface area (Å²) in [5, 5.41) is 0.621. The maximum absolute atomic E-state index is 12.9. The molecule has 29 heavy (non-hydrogen) atoms. The summed E-state index contributed by atoms with van der Waals surface area (Å²) in [7, 11) is 1.60. The monoisotopic (exact) mass is 456 g/mol. The molecule has 1 saturated carbocycles. The Labute approximate surface area is 176 Å². The molecule has 7 heteroatoms. The van der Waals surface area contributed by atoms with Crippen LogP contribution in [0.15, 0.2) is 51.7 Å². The van der Waals surface area contributed by atoms with Crippen molar-refractivity contribution in [3.63, 3.8) is 0 Å². The molecule has 0 spiro atoms. The molecule has 0 aliphatic heterocycles. The van der Waals surface area contributed by atoms with Crippen molar-refractivity contribution >= 4 is 32.8 Å². The minimum absolute atomic E-state index is 0.0236. The number of aryl methyl sites for hydroxylation is 1. The lowest BCUT2D eigenvalue weighted by molar-refractivity contribution is -0.144. The topological polar surface area (TPSA) is 70.4 Å². The Balaban J connectivity index is 1.44. The third-order valence-corrected chi connectivity index (χ3v) is 5.58. The molecule has 150 valence electrons. The third-order valence-electron chi connectivity index (χ3n) is 4.96. The van der Waals surface area contributed by atoms with Gasteiger partial charge in [0, 0.05) is 12.5 Å². The zero-order valence-electron chi connectivity index (χ0n) is 16.1. The van der Waals surface area contributed by atoms with E-state index in [9.17, 15) is 9.59 Å². The minimum Gasteiger partial charge on any atom is -0.496 e. The van der Waals surface area contributed by atoms with Crippen molar-refractivity contribution < 1.29 is 14.3 Å². The normalized spacial score (nSPS) is 13.4. The number of nitrogens with zero attached hydrogens (tertiary/aromatic N) is 2. The number of fused-ring (bicyclic) bond motifs is 1. The smallest absolute Gasteiger partial charge is 0.306 e. The first-order valence-corrected chi connectivity index (χ1v) is 10.3. The first-order chi connectivity index (χ1) is 14.1. The molecule has 1 aliphatic rings. The summed E-state index contributed by atoms with van der Waals surface area (Å²) < 4.78 is 13.2. The highest BCUT2D eigenvalue weighted by Crippen LogP contribution is 2.35. The second kappa shape index (κ2) is 8.37. The highest BCUT2D eigenvalue weighted by molar-refractivity contribution is 9.10. The van der Waals surface area contributed by atoms with Crippen LogP contribution in [0.1, 0.15) is 36.7 Å². The SMILES string of the molecule is COc1ccc(COC(=O)CCc2nc3ccccc3c(=O)n2C2CC2)cc1Br. The predicted octanol–water partition coefficient (Wildman–Crippen LogP) is 4.18. The van der Waals surface area contributed by atoms with Crippen LogP contribution >= 0.6 is 15.9 Å². The number of carbonyl (C=O) groups excluding carboxylic acids is 1. The molecule has 1 aliphatic carbocycles. The van der Waals surface area contributed by atoms with Crippen LogP contribution in [0.2, 0.25) is 0 Å². The van der Waals surface area contributed by atoms with Gasteiger partial charge in [-0.25, -0.2) is 4.98 Å². The first-order valence-electron chi connectivity index (χ1n) is 9.55. The number of hydrogen-bond donors (Lipinski definition) is 0. The van der Waals surface area contributed by atoms with Crippen molar-refractivity contribution in [3.8, 4) is 5.75 Å². The fraction of sp³-hybridized carbons (Fsp3) is 0.318. The molecule has 0 radical (unpaired) electrons. The molecule has 4 rings (SSSR count). The van der Waals surface area contributed by atoms with Crippen LogP contribution in [0.25, 0.3) is 10.9 Å². The van der Waals surface area contributed by atoms with Crippen molar-refractivity contribution in [1.82, 2.24) is 9.55 Å². The van der Waals surface area contributed by atoms with Gasteiger partial charge < -0.3 is 9.47 Å². The van der Waals surface area contributed by atoms with Crippen LogP contribution in [0.4, 0.5) is 0 Å². The molecule has 1 fully saturated rings. The van der Waals surface area contributed by atoms with Crippen molar-refractivity contribution in [2.75, 3.05) is 7.11 Å². The van der Waals surface area contributed by atoms with Gasteiger partial charge in [0.2, 0.25) is 0 Å². The van der Waals surface area contributed by atoms with Gasteiger partial charge in [0.05, 0.1) is 28.9 Å². The summed E-state index contributed by atoms with van der Waals surface area (Å²) in [4.78, 5) is 29.8. The highest BCUT2D eigenvalue weighted by Gasteiger charge is 2.28. The molecular formula is C22H21BrN2O4. The summed E-state index contributed by atoms with van der Waals surface area (Å²) in [6.45, 7) is 0.183. The van der Waals surface area contributed by atoms with Crippen LogP contribution in [-0.2, 0) is 22.6 Å². The Hall–Kier alpha value is -2.67. The third kappa shape index (κ3) is 4.34. The summed E-state index contributed by atoms with van der Waals surface area (Å²) in [5.41, 5.74) is 1.51. The molecule has 0 N–H and O–H groups in total. The van der Waals surface area contributed by atoms with Crippen molar-refractivity contribution in [1.29, 1.82) is 0 Å². The average Bonchev–Trinajstić information content (AvgIpc) is 3.56. The zero-order valence-corrected chi connectivity index (χ0v) is 17.6. The number of hydrogen-bond acceptors (Lipinski definition) is 5. The van der Waals surface area contributed by atoms with Crippen LogP contribution in [0, 0.1) is 0 Å². The number of esters is 1. The quantitative estimate of drug-likeness (QED) is 0.498. The van der Waals surface area contributed by atoms with Crippen molar-refractivity contribution in [3.05, 3.63) is 68.7 Å². The van der Waals surface area contributed by atoms with E-state index in [0.29, 0.717) is 23.1 Å². The number of rotatable bonds is 7. The Morgan fingerprint density at radius 3 is 2.76 bits per heavy atom. The molecular weight excluding hydrogens is 436 g/mol. The number of halogens is 1. The van der Waals surface area contributed by atoms with E-state index in [1.807, 2.05) is 36.4 Å². The Kier molecular flexibility index (Phi) is 5.67. The van der Waals surface area contributed by atoms with Crippen LogP contribution < -0.4 is 10.3 Å². The summed E-state index contributed by atoms with van der Waals surface area (Å²) >= 11 is 3.42. The molecule has 2 aromatic carbocycles. The number of methoxy groups -OCH3 is 1. The van der Waals surface area contributed by atoms with Gasteiger partial charge in [0.25, 0.3) is 5.56 Å². The molecule has 3 aromatic rings. The van der Waals surface area contributed by atoms with E-state index in [1.165, 1.54) is 0 Å². The summed E-state index contributed by atoms with van der Waals surface area (Å²) in [5.74, 6) is 1.06. The second-order valence-electron chi connectivity index (χ2n) is 7.08. The van der Waals surface area contributed by atoms with Crippen molar-refractivity contribution in [2.24, 2.45) is 0 Å². The molecule has 1 heterocycles. The van der Waals surface area contributed by atoms with Crippen molar-refractivity contribution in [2.45, 2.75) is 38.3 Å². The summed E-state index contributed by atoms with van der Waals surface area (Å²) in [6.07, 6.45) is 2.50. The van der Waals surface area contributed by atoms with Gasteiger partial charge in [-0.15, -0.1) is 0 Å². The second-order valence-corrected chi connectivity index (χ2v) is 7.94. The van der Waals surface area contributed by atoms with E-state index in [0.717, 1.165) is 28.6 Å². The lowest BCUT2D eigenvalue weighted by Gasteiger charge is -2.13. The minimum atomic E-state index is -0.318. The highest BCUT2D eigenvalue weighted by atomic mass is 79.9. The fourth-order valence-electron chi connectivity index (χ4n) is 3.33. The lowest BCUT2D eigenvalue weighted by atomic mass is 10.2. The molecule has 1 aromatic heterocycles. The maximum atomic E-state index is 12.9. The van der Waals surface area contributed by atoms with E-state index in [1.54, 1.807) is 17.7 Å². The molecule has 0 unspecified atom stereocenters. The number of benzene rings is 2. The summed E-state index contributed by atoms with van der Waals surface area (Å²) in [6, 6.07) is 13.1. The van der Waals surface area contributed by atoms with Gasteiger partial charge in [-0.3, -0.25) is 14.2 Å². The van der Waals surface area contributed by atoms with Crippen LogP contribution in [-0.4, -0.2) is 22.6 Å². The Morgan fingerprint density at radius 1 is 1.24 bits per heavy atom. The number of carbonyl (C=O) groups is 1. The molecule has 0 amide bonds.